The maximum Gasteiger partial charge on any atom is -0.0140 e. The van der Waals surface area contributed by atoms with Gasteiger partial charge in [0.1, 0.15) is 0 Å². The van der Waals surface area contributed by atoms with Gasteiger partial charge in [-0.05, 0) is 107 Å². The van der Waals surface area contributed by atoms with Gasteiger partial charge in [-0.25, -0.2) is 0 Å². The average molecular weight is 345 g/mol. The molecule has 0 amide bonds. The van der Waals surface area contributed by atoms with E-state index in [0.717, 1.165) is 0 Å². The molecule has 20 heavy (non-hydrogen) atoms. The molecule has 7 rings (SSSR count). The van der Waals surface area contributed by atoms with Crippen LogP contribution in [0.1, 0.15) is 38.5 Å². The van der Waals surface area contributed by atoms with Crippen molar-refractivity contribution in [3.05, 3.63) is 0 Å². The van der Waals surface area contributed by atoms with Gasteiger partial charge in [-0.3, -0.25) is 0 Å². The smallest absolute Gasteiger partial charge is 0.0140 e. The molecule has 0 heterocycles. The quantitative estimate of drug-likeness (QED) is 0.713. The molecule has 0 unspecified atom stereocenters. The summed E-state index contributed by atoms with van der Waals surface area (Å²) in [7, 11) is 6.00. The number of nitrogens with zero attached hydrogens (tertiary/aromatic N) is 1. The van der Waals surface area contributed by atoms with Gasteiger partial charge in [-0.2, -0.15) is 0 Å². The molecule has 7 saturated carbocycles. The van der Waals surface area contributed by atoms with Crippen molar-refractivity contribution in [1.82, 2.24) is 11.1 Å². The zero-order chi connectivity index (χ0) is 12.4. The van der Waals surface area contributed by atoms with E-state index in [4.69, 9.17) is 0 Å². The van der Waals surface area contributed by atoms with E-state index >= 15 is 0 Å². The van der Waals surface area contributed by atoms with Crippen molar-refractivity contribution >= 4 is 17.0 Å². The zero-order valence-corrected chi connectivity index (χ0v) is 15.1. The molecular weight excluding hydrogens is 312 g/mol. The van der Waals surface area contributed by atoms with Gasteiger partial charge in [0.2, 0.25) is 0 Å². The minimum Gasteiger partial charge on any atom is -0.344 e. The molecular formula is C17H33BrN2. The minimum atomic E-state index is 0. The molecule has 0 spiro atoms. The summed E-state index contributed by atoms with van der Waals surface area (Å²) in [6, 6.07) is 0. The van der Waals surface area contributed by atoms with Crippen molar-refractivity contribution in [1.29, 1.82) is 0 Å². The van der Waals surface area contributed by atoms with E-state index in [0.29, 0.717) is 0 Å². The third-order valence-corrected chi connectivity index (χ3v) is 6.93. The van der Waals surface area contributed by atoms with Crippen LogP contribution in [0.3, 0.4) is 0 Å². The fourth-order valence-corrected chi connectivity index (χ4v) is 6.89. The Kier molecular flexibility index (Phi) is 4.94. The first-order valence-corrected chi connectivity index (χ1v) is 8.24. The SMILES string of the molecule is Br.C1C2CC3C4CC5CC(C14)C(C2)C3C5.CN(C)C.N. The lowest BCUT2D eigenvalue weighted by atomic mass is 9.36. The van der Waals surface area contributed by atoms with Crippen molar-refractivity contribution in [2.24, 2.45) is 47.3 Å². The van der Waals surface area contributed by atoms with Crippen molar-refractivity contribution in [3.8, 4) is 0 Å². The first-order chi connectivity index (χ1) is 8.63. The van der Waals surface area contributed by atoms with E-state index in [1.165, 1.54) is 47.3 Å². The van der Waals surface area contributed by atoms with Gasteiger partial charge < -0.3 is 11.1 Å². The van der Waals surface area contributed by atoms with Gasteiger partial charge in [-0.1, -0.05) is 0 Å². The normalized spacial score (nSPS) is 52.2. The summed E-state index contributed by atoms with van der Waals surface area (Å²) in [5, 5.41) is 0. The second-order valence-corrected chi connectivity index (χ2v) is 8.47. The summed E-state index contributed by atoms with van der Waals surface area (Å²) < 4.78 is 0. The Bertz CT molecular complexity index is 254. The first kappa shape index (κ1) is 16.8. The molecule has 3 N–H and O–H groups in total. The van der Waals surface area contributed by atoms with Crippen LogP contribution in [0.4, 0.5) is 0 Å². The molecule has 0 saturated heterocycles. The summed E-state index contributed by atoms with van der Waals surface area (Å²) in [5.41, 5.74) is 0. The molecule has 7 aliphatic carbocycles. The summed E-state index contributed by atoms with van der Waals surface area (Å²) in [6.45, 7) is 0. The van der Waals surface area contributed by atoms with E-state index in [1.54, 1.807) is 38.5 Å². The van der Waals surface area contributed by atoms with Crippen LogP contribution in [-0.4, -0.2) is 26.0 Å². The number of hydrogen-bond acceptors (Lipinski definition) is 2. The summed E-state index contributed by atoms with van der Waals surface area (Å²) in [6.07, 6.45) is 9.93. The number of halogens is 1. The van der Waals surface area contributed by atoms with Crippen LogP contribution >= 0.6 is 17.0 Å². The Labute approximate surface area is 135 Å². The highest BCUT2D eigenvalue weighted by atomic mass is 79.9. The summed E-state index contributed by atoms with van der Waals surface area (Å²) in [4.78, 5) is 2.00. The molecule has 7 fully saturated rings. The van der Waals surface area contributed by atoms with Crippen LogP contribution in [0.5, 0.6) is 0 Å². The molecule has 3 heteroatoms. The van der Waals surface area contributed by atoms with Crippen LogP contribution in [-0.2, 0) is 0 Å². The fraction of sp³-hybridized carbons (Fsp3) is 1.00. The Morgan fingerprint density at radius 2 is 0.700 bits per heavy atom. The van der Waals surface area contributed by atoms with Crippen molar-refractivity contribution in [2.45, 2.75) is 38.5 Å². The molecule has 2 nitrogen and oxygen atoms in total. The maximum atomic E-state index is 2.00. The standard InChI is InChI=1S/C14H20.C3H9N.BrH.H3N/c1-7-2-12-10-4-8-5-11(9(1)10)13(3-7)14(12)6-8;1-4(2)3;;/h7-14H,1-6H2;1-3H3;1H;1H3. The minimum absolute atomic E-state index is 0. The van der Waals surface area contributed by atoms with Crippen molar-refractivity contribution < 1.29 is 0 Å². The molecule has 0 aromatic carbocycles. The van der Waals surface area contributed by atoms with E-state index in [9.17, 15) is 0 Å². The van der Waals surface area contributed by atoms with E-state index in [1.807, 2.05) is 26.0 Å². The van der Waals surface area contributed by atoms with Crippen molar-refractivity contribution in [3.63, 3.8) is 0 Å². The Morgan fingerprint density at radius 1 is 0.550 bits per heavy atom. The molecule has 0 radical (unpaired) electrons. The predicted octanol–water partition coefficient (Wildman–Crippen LogP) is 4.24. The average Bonchev–Trinajstić information content (AvgIpc) is 2.34. The highest BCUT2D eigenvalue weighted by molar-refractivity contribution is 8.93. The van der Waals surface area contributed by atoms with Gasteiger partial charge >= 0.3 is 0 Å². The van der Waals surface area contributed by atoms with Gasteiger partial charge in [-0.15, -0.1) is 17.0 Å². The monoisotopic (exact) mass is 344 g/mol. The van der Waals surface area contributed by atoms with E-state index < -0.39 is 0 Å². The first-order valence-electron chi connectivity index (χ1n) is 8.24. The van der Waals surface area contributed by atoms with Gasteiger partial charge in [0, 0.05) is 0 Å². The van der Waals surface area contributed by atoms with Crippen LogP contribution in [0.25, 0.3) is 0 Å². The van der Waals surface area contributed by atoms with Crippen LogP contribution < -0.4 is 6.15 Å². The third-order valence-electron chi connectivity index (χ3n) is 6.93. The van der Waals surface area contributed by atoms with Gasteiger partial charge in [0.15, 0.2) is 0 Å². The summed E-state index contributed by atoms with van der Waals surface area (Å²) in [5.74, 6) is 9.74. The van der Waals surface area contributed by atoms with Crippen LogP contribution in [0.15, 0.2) is 0 Å². The molecule has 8 bridgehead atoms. The number of rotatable bonds is 0. The lowest BCUT2D eigenvalue weighted by Crippen LogP contribution is -2.62. The second kappa shape index (κ2) is 5.89. The molecule has 0 atom stereocenters. The highest BCUT2D eigenvalue weighted by Gasteiger charge is 2.63. The Hall–Kier alpha value is 0.400. The Balaban J connectivity index is 0.000000223. The number of hydrogen-bond donors (Lipinski definition) is 1. The molecule has 0 aromatic rings. The van der Waals surface area contributed by atoms with Crippen LogP contribution in [0.2, 0.25) is 0 Å². The van der Waals surface area contributed by atoms with E-state index in [-0.39, 0.29) is 23.1 Å². The topological polar surface area (TPSA) is 38.2 Å². The van der Waals surface area contributed by atoms with E-state index in [2.05, 4.69) is 0 Å². The molecule has 0 aliphatic heterocycles. The lowest BCUT2D eigenvalue weighted by Gasteiger charge is -2.69. The maximum absolute atomic E-state index is 2.00. The third kappa shape index (κ3) is 2.38. The van der Waals surface area contributed by atoms with Gasteiger partial charge in [0.25, 0.3) is 0 Å². The molecule has 7 aliphatic rings. The zero-order valence-electron chi connectivity index (χ0n) is 13.4. The Morgan fingerprint density at radius 3 is 0.850 bits per heavy atom. The molecule has 118 valence electrons. The molecule has 0 aromatic heterocycles. The van der Waals surface area contributed by atoms with Crippen LogP contribution in [0, 0.1) is 47.3 Å². The van der Waals surface area contributed by atoms with Gasteiger partial charge in [0.05, 0.1) is 0 Å². The fourth-order valence-electron chi connectivity index (χ4n) is 6.89. The highest BCUT2D eigenvalue weighted by Crippen LogP contribution is 2.71. The predicted molar refractivity (Wildman–Crippen MR) is 90.6 cm³/mol. The summed E-state index contributed by atoms with van der Waals surface area (Å²) >= 11 is 0. The second-order valence-electron chi connectivity index (χ2n) is 8.47. The largest absolute Gasteiger partial charge is 0.344 e. The lowest BCUT2D eigenvalue weighted by molar-refractivity contribution is -0.202. The van der Waals surface area contributed by atoms with Crippen molar-refractivity contribution in [2.75, 3.05) is 21.1 Å².